The number of aromatic nitrogens is 2. The Bertz CT molecular complexity index is 1480. The molecule has 6 rings (SSSR count). The summed E-state index contributed by atoms with van der Waals surface area (Å²) >= 11 is 1.75. The van der Waals surface area contributed by atoms with Crippen LogP contribution in [-0.2, 0) is 6.42 Å². The average Bonchev–Trinajstić information content (AvgIpc) is 3.33. The number of thiophene rings is 1. The number of ether oxygens (including phenoxy) is 1. The van der Waals surface area contributed by atoms with Crippen molar-refractivity contribution in [2.45, 2.75) is 26.3 Å². The quantitative estimate of drug-likeness (QED) is 0.332. The van der Waals surface area contributed by atoms with Crippen molar-refractivity contribution in [2.24, 2.45) is 0 Å². The molecule has 6 nitrogen and oxygen atoms in total. The number of hydrogen-bond donors (Lipinski definition) is 0. The maximum atomic E-state index is 15.0. The molecule has 4 heterocycles. The van der Waals surface area contributed by atoms with Crippen LogP contribution in [0.25, 0.3) is 21.3 Å². The lowest BCUT2D eigenvalue weighted by Gasteiger charge is -2.34. The molecular weight excluding hydrogens is 504 g/mol. The van der Waals surface area contributed by atoms with E-state index < -0.39 is 11.6 Å². The molecule has 0 N–H and O–H groups in total. The van der Waals surface area contributed by atoms with Crippen LogP contribution in [0.2, 0.25) is 0 Å². The zero-order chi connectivity index (χ0) is 26.4. The molecule has 1 fully saturated rings. The minimum absolute atomic E-state index is 0.0979. The van der Waals surface area contributed by atoms with Crippen molar-refractivity contribution in [3.63, 3.8) is 0 Å². The fraction of sp³-hybridized carbons (Fsp3) is 0.379. The molecule has 2 aliphatic heterocycles. The highest BCUT2D eigenvalue weighted by atomic mass is 32.1. The Morgan fingerprint density at radius 1 is 1.00 bits per heavy atom. The lowest BCUT2D eigenvalue weighted by atomic mass is 10.1. The number of rotatable bonds is 5. The number of halogens is 2. The third-order valence-corrected chi connectivity index (χ3v) is 8.38. The van der Waals surface area contributed by atoms with Crippen molar-refractivity contribution in [3.8, 4) is 17.0 Å². The maximum Gasteiger partial charge on any atom is 0.178 e. The monoisotopic (exact) mass is 535 g/mol. The summed E-state index contributed by atoms with van der Waals surface area (Å²) in [5.41, 5.74) is 3.42. The first-order chi connectivity index (χ1) is 18.4. The highest BCUT2D eigenvalue weighted by Crippen LogP contribution is 2.39. The lowest BCUT2D eigenvalue weighted by molar-refractivity contribution is 0.287. The summed E-state index contributed by atoms with van der Waals surface area (Å²) in [7, 11) is 2.16. The number of likely N-dealkylation sites (N-methyl/N-ethyl adjacent to an activating group) is 1. The van der Waals surface area contributed by atoms with Crippen molar-refractivity contribution in [1.29, 1.82) is 0 Å². The van der Waals surface area contributed by atoms with Crippen LogP contribution >= 0.6 is 11.3 Å². The molecule has 0 amide bonds. The van der Waals surface area contributed by atoms with E-state index >= 15 is 4.39 Å². The molecule has 38 heavy (non-hydrogen) atoms. The van der Waals surface area contributed by atoms with Crippen molar-refractivity contribution in [3.05, 3.63) is 64.9 Å². The summed E-state index contributed by atoms with van der Waals surface area (Å²) in [5, 5.41) is 3.46. The summed E-state index contributed by atoms with van der Waals surface area (Å²) in [6.07, 6.45) is 1.64. The topological polar surface area (TPSA) is 44.7 Å². The van der Waals surface area contributed by atoms with E-state index in [1.165, 1.54) is 28.0 Å². The van der Waals surface area contributed by atoms with E-state index in [1.807, 2.05) is 13.8 Å². The second kappa shape index (κ2) is 10.1. The Balaban J connectivity index is 1.31. The van der Waals surface area contributed by atoms with Crippen molar-refractivity contribution >= 4 is 32.8 Å². The third kappa shape index (κ3) is 4.69. The van der Waals surface area contributed by atoms with Gasteiger partial charge >= 0.3 is 0 Å². The van der Waals surface area contributed by atoms with Gasteiger partial charge in [-0.05, 0) is 50.7 Å². The van der Waals surface area contributed by atoms with Gasteiger partial charge in [0.2, 0.25) is 0 Å². The predicted molar refractivity (Wildman–Crippen MR) is 150 cm³/mol. The van der Waals surface area contributed by atoms with Crippen molar-refractivity contribution < 1.29 is 13.5 Å². The Labute approximate surface area is 225 Å². The van der Waals surface area contributed by atoms with Crippen LogP contribution in [0.3, 0.4) is 0 Å². The normalized spacial score (nSPS) is 16.3. The molecule has 0 aliphatic carbocycles. The SMILES string of the molecule is CC(C)N1CCOc2c(F)cc(-c3nc(Cc4ccc5scc(N6CCN(C)CC6)c5c4)ncc3F)cc21. The second-order valence-corrected chi connectivity index (χ2v) is 11.3. The van der Waals surface area contributed by atoms with E-state index in [9.17, 15) is 4.39 Å². The summed E-state index contributed by atoms with van der Waals surface area (Å²) in [6, 6.07) is 9.64. The fourth-order valence-corrected chi connectivity index (χ4v) is 6.27. The van der Waals surface area contributed by atoms with Gasteiger partial charge in [-0.3, -0.25) is 0 Å². The first-order valence-electron chi connectivity index (χ1n) is 13.1. The van der Waals surface area contributed by atoms with Gasteiger partial charge in [-0.15, -0.1) is 11.3 Å². The number of piperazine rings is 1. The fourth-order valence-electron chi connectivity index (χ4n) is 5.31. The van der Waals surface area contributed by atoms with Gasteiger partial charge in [0.1, 0.15) is 18.1 Å². The third-order valence-electron chi connectivity index (χ3n) is 7.43. The Morgan fingerprint density at radius 3 is 2.61 bits per heavy atom. The van der Waals surface area contributed by atoms with Gasteiger partial charge in [0.25, 0.3) is 0 Å². The zero-order valence-electron chi connectivity index (χ0n) is 21.9. The molecule has 0 unspecified atom stereocenters. The smallest absolute Gasteiger partial charge is 0.178 e. The van der Waals surface area contributed by atoms with Crippen molar-refractivity contribution in [1.82, 2.24) is 14.9 Å². The van der Waals surface area contributed by atoms with Gasteiger partial charge in [0.15, 0.2) is 17.4 Å². The van der Waals surface area contributed by atoms with Crippen LogP contribution in [0.4, 0.5) is 20.2 Å². The Hall–Kier alpha value is -3.30. The highest BCUT2D eigenvalue weighted by molar-refractivity contribution is 7.17. The molecular formula is C29H31F2N5OS. The standard InChI is InChI=1S/C29H31F2N5OS/c1-18(2)36-10-11-37-29-22(30)14-20(15-24(29)36)28-23(31)16-32-27(33-28)13-19-4-5-26-21(12-19)25(17-38-26)35-8-6-34(3)7-9-35/h4-5,12,14-18H,6-11,13H2,1-3H3. The largest absolute Gasteiger partial charge is 0.486 e. The second-order valence-electron chi connectivity index (χ2n) is 10.3. The van der Waals surface area contributed by atoms with Gasteiger partial charge in [-0.25, -0.2) is 18.7 Å². The predicted octanol–water partition coefficient (Wildman–Crippen LogP) is 5.59. The van der Waals surface area contributed by atoms with Crippen molar-refractivity contribution in [2.75, 3.05) is 56.2 Å². The van der Waals surface area contributed by atoms with Crippen LogP contribution in [0.15, 0.2) is 41.9 Å². The van der Waals surface area contributed by atoms with Gasteiger partial charge < -0.3 is 19.4 Å². The Morgan fingerprint density at radius 2 is 1.82 bits per heavy atom. The van der Waals surface area contributed by atoms with Gasteiger partial charge in [-0.2, -0.15) is 0 Å². The first kappa shape index (κ1) is 25.0. The number of fused-ring (bicyclic) bond motifs is 2. The molecule has 9 heteroatoms. The minimum Gasteiger partial charge on any atom is -0.486 e. The van der Waals surface area contributed by atoms with Crippen LogP contribution in [-0.4, -0.2) is 67.3 Å². The summed E-state index contributed by atoms with van der Waals surface area (Å²) < 4.78 is 36.8. The van der Waals surface area contributed by atoms with Crippen LogP contribution in [0.1, 0.15) is 25.2 Å². The number of benzene rings is 2. The van der Waals surface area contributed by atoms with E-state index in [4.69, 9.17) is 4.74 Å². The van der Waals surface area contributed by atoms with E-state index in [1.54, 1.807) is 17.4 Å². The van der Waals surface area contributed by atoms with E-state index in [-0.39, 0.29) is 17.5 Å². The molecule has 4 aromatic rings. The van der Waals surface area contributed by atoms with Gasteiger partial charge in [0.05, 0.1) is 24.1 Å². The number of nitrogens with zero attached hydrogens (tertiary/aromatic N) is 5. The summed E-state index contributed by atoms with van der Waals surface area (Å²) in [6.45, 7) is 9.26. The molecule has 2 aromatic heterocycles. The van der Waals surface area contributed by atoms with E-state index in [2.05, 4.69) is 55.3 Å². The zero-order valence-corrected chi connectivity index (χ0v) is 22.7. The maximum absolute atomic E-state index is 15.0. The van der Waals surface area contributed by atoms with Gasteiger partial charge in [-0.1, -0.05) is 6.07 Å². The van der Waals surface area contributed by atoms with E-state index in [0.29, 0.717) is 36.6 Å². The summed E-state index contributed by atoms with van der Waals surface area (Å²) in [5.74, 6) is -0.385. The van der Waals surface area contributed by atoms with Crippen LogP contribution in [0, 0.1) is 11.6 Å². The molecule has 2 aromatic carbocycles. The van der Waals surface area contributed by atoms with Crippen LogP contribution < -0.4 is 14.5 Å². The van der Waals surface area contributed by atoms with E-state index in [0.717, 1.165) is 31.7 Å². The molecule has 0 spiro atoms. The highest BCUT2D eigenvalue weighted by Gasteiger charge is 2.26. The molecule has 2 aliphatic rings. The van der Waals surface area contributed by atoms with Gasteiger partial charge in [0, 0.05) is 59.7 Å². The lowest BCUT2D eigenvalue weighted by Crippen LogP contribution is -2.44. The molecule has 1 saturated heterocycles. The Kier molecular flexibility index (Phi) is 6.65. The number of hydrogen-bond acceptors (Lipinski definition) is 7. The number of anilines is 2. The molecule has 0 atom stereocenters. The first-order valence-corrected chi connectivity index (χ1v) is 13.9. The molecule has 198 valence electrons. The minimum atomic E-state index is -0.577. The molecule has 0 radical (unpaired) electrons. The molecule has 0 saturated carbocycles. The van der Waals surface area contributed by atoms with Crippen LogP contribution in [0.5, 0.6) is 5.75 Å². The molecule has 0 bridgehead atoms. The summed E-state index contributed by atoms with van der Waals surface area (Å²) in [4.78, 5) is 15.7. The average molecular weight is 536 g/mol.